The minimum Gasteiger partial charge on any atom is -0.490 e. The molecule has 0 bridgehead atoms. The second-order valence-electron chi connectivity index (χ2n) is 6.06. The molecule has 0 atom stereocenters. The molecule has 3 rings (SSSR count). The molecule has 164 valence electrons. The maximum absolute atomic E-state index is 12.5. The monoisotopic (exact) mass is 535 g/mol. The van der Waals surface area contributed by atoms with E-state index in [2.05, 4.69) is 20.4 Å². The lowest BCUT2D eigenvalue weighted by Gasteiger charge is -2.15. The number of rotatable bonds is 8. The maximum Gasteiger partial charge on any atom is 0.387 e. The predicted octanol–water partition coefficient (Wildman–Crippen LogP) is 3.90. The van der Waals surface area contributed by atoms with Gasteiger partial charge in [0.2, 0.25) is 6.79 Å². The molecule has 0 aliphatic carbocycles. The molecule has 0 fully saturated rings. The van der Waals surface area contributed by atoms with Crippen molar-refractivity contribution in [2.24, 2.45) is 4.99 Å². The van der Waals surface area contributed by atoms with Crippen molar-refractivity contribution in [1.29, 1.82) is 0 Å². The number of aliphatic imine (C=N–C) groups is 1. The number of fused-ring (bicyclic) bond motifs is 1. The summed E-state index contributed by atoms with van der Waals surface area (Å²) < 4.78 is 45.6. The molecule has 0 amide bonds. The third kappa shape index (κ3) is 6.51. The van der Waals surface area contributed by atoms with Crippen molar-refractivity contribution >= 4 is 29.9 Å². The number of nitrogens with zero attached hydrogens (tertiary/aromatic N) is 1. The van der Waals surface area contributed by atoms with Gasteiger partial charge in [-0.1, -0.05) is 12.1 Å². The summed E-state index contributed by atoms with van der Waals surface area (Å²) in [7, 11) is 1.67. The van der Waals surface area contributed by atoms with Gasteiger partial charge in [-0.2, -0.15) is 8.78 Å². The van der Waals surface area contributed by atoms with Gasteiger partial charge in [-0.3, -0.25) is 4.99 Å². The molecule has 30 heavy (non-hydrogen) atoms. The van der Waals surface area contributed by atoms with Crippen LogP contribution in [0.15, 0.2) is 41.4 Å². The summed E-state index contributed by atoms with van der Waals surface area (Å²) in [5, 5.41) is 6.39. The van der Waals surface area contributed by atoms with Crippen LogP contribution in [0.5, 0.6) is 23.0 Å². The second kappa shape index (κ2) is 11.6. The lowest BCUT2D eigenvalue weighted by molar-refractivity contribution is -0.0514. The topological polar surface area (TPSA) is 73.3 Å². The van der Waals surface area contributed by atoms with Gasteiger partial charge in [0.1, 0.15) is 0 Å². The van der Waals surface area contributed by atoms with E-state index < -0.39 is 6.61 Å². The van der Waals surface area contributed by atoms with Crippen molar-refractivity contribution in [2.75, 3.05) is 20.4 Å². The average Bonchev–Trinajstić information content (AvgIpc) is 3.17. The van der Waals surface area contributed by atoms with E-state index in [1.807, 2.05) is 18.2 Å². The van der Waals surface area contributed by atoms with Crippen molar-refractivity contribution in [2.45, 2.75) is 26.6 Å². The Balaban J connectivity index is 0.00000320. The first-order valence-corrected chi connectivity index (χ1v) is 9.12. The third-order valence-electron chi connectivity index (χ3n) is 4.10. The van der Waals surface area contributed by atoms with Crippen molar-refractivity contribution in [3.8, 4) is 23.0 Å². The molecule has 0 saturated carbocycles. The number of benzene rings is 2. The van der Waals surface area contributed by atoms with E-state index in [4.69, 9.17) is 14.2 Å². The van der Waals surface area contributed by atoms with E-state index in [1.165, 1.54) is 6.07 Å². The molecule has 0 spiro atoms. The summed E-state index contributed by atoms with van der Waals surface area (Å²) in [5.74, 6) is 2.34. The van der Waals surface area contributed by atoms with Crippen LogP contribution in [-0.2, 0) is 13.1 Å². The molecule has 0 radical (unpaired) electrons. The van der Waals surface area contributed by atoms with Crippen molar-refractivity contribution < 1.29 is 27.7 Å². The molecule has 2 aromatic rings. The summed E-state index contributed by atoms with van der Waals surface area (Å²) in [5.41, 5.74) is 1.85. The van der Waals surface area contributed by atoms with Crippen LogP contribution in [0.4, 0.5) is 8.78 Å². The largest absolute Gasteiger partial charge is 0.490 e. The minimum atomic E-state index is -2.91. The van der Waals surface area contributed by atoms with Crippen LogP contribution < -0.4 is 29.6 Å². The highest BCUT2D eigenvalue weighted by atomic mass is 127. The third-order valence-corrected chi connectivity index (χ3v) is 4.10. The van der Waals surface area contributed by atoms with Crippen LogP contribution in [-0.4, -0.2) is 33.0 Å². The molecule has 0 aromatic heterocycles. The lowest BCUT2D eigenvalue weighted by atomic mass is 10.2. The first-order valence-electron chi connectivity index (χ1n) is 9.12. The van der Waals surface area contributed by atoms with Gasteiger partial charge in [0.15, 0.2) is 29.0 Å². The number of alkyl halides is 2. The number of halogens is 3. The Bertz CT molecular complexity index is 868. The fourth-order valence-electron chi connectivity index (χ4n) is 2.77. The molecular weight excluding hydrogens is 511 g/mol. The van der Waals surface area contributed by atoms with Crippen molar-refractivity contribution in [3.05, 3.63) is 47.5 Å². The SMILES string of the molecule is CCOc1cc(CNC(=NC)NCc2ccc3c(c2)OCO3)ccc1OC(F)F.I. The van der Waals surface area contributed by atoms with Gasteiger partial charge in [-0.25, -0.2) is 0 Å². The number of ether oxygens (including phenoxy) is 4. The average molecular weight is 535 g/mol. The Morgan fingerprint density at radius 2 is 1.70 bits per heavy atom. The van der Waals surface area contributed by atoms with Crippen LogP contribution in [0.1, 0.15) is 18.1 Å². The minimum absolute atomic E-state index is 0. The van der Waals surface area contributed by atoms with Gasteiger partial charge in [0, 0.05) is 20.1 Å². The van der Waals surface area contributed by atoms with Gasteiger partial charge in [0.05, 0.1) is 6.61 Å². The van der Waals surface area contributed by atoms with Gasteiger partial charge in [-0.15, -0.1) is 24.0 Å². The predicted molar refractivity (Wildman–Crippen MR) is 119 cm³/mol. The molecule has 7 nitrogen and oxygen atoms in total. The molecule has 1 heterocycles. The summed E-state index contributed by atoms with van der Waals surface area (Å²) >= 11 is 0. The van der Waals surface area contributed by atoms with Gasteiger partial charge in [0.25, 0.3) is 0 Å². The molecule has 0 saturated heterocycles. The van der Waals surface area contributed by atoms with Crippen LogP contribution in [0.25, 0.3) is 0 Å². The zero-order valence-electron chi connectivity index (χ0n) is 16.6. The van der Waals surface area contributed by atoms with Gasteiger partial charge >= 0.3 is 6.61 Å². The van der Waals surface area contributed by atoms with Crippen molar-refractivity contribution in [1.82, 2.24) is 10.6 Å². The highest BCUT2D eigenvalue weighted by Gasteiger charge is 2.14. The first-order chi connectivity index (χ1) is 14.1. The number of hydrogen-bond donors (Lipinski definition) is 2. The Labute approximate surface area is 190 Å². The smallest absolute Gasteiger partial charge is 0.387 e. The van der Waals surface area contributed by atoms with E-state index in [0.717, 1.165) is 22.6 Å². The highest BCUT2D eigenvalue weighted by molar-refractivity contribution is 14.0. The molecular formula is C20H24F2IN3O4. The highest BCUT2D eigenvalue weighted by Crippen LogP contribution is 2.32. The molecule has 1 aliphatic heterocycles. The Hall–Kier alpha value is -2.50. The summed E-state index contributed by atoms with van der Waals surface area (Å²) in [6.45, 7) is 0.420. The molecule has 10 heteroatoms. The molecule has 1 aliphatic rings. The molecule has 2 N–H and O–H groups in total. The second-order valence-corrected chi connectivity index (χ2v) is 6.06. The lowest BCUT2D eigenvalue weighted by Crippen LogP contribution is -2.36. The van der Waals surface area contributed by atoms with Crippen LogP contribution in [0, 0.1) is 0 Å². The number of hydrogen-bond acceptors (Lipinski definition) is 5. The fourth-order valence-corrected chi connectivity index (χ4v) is 2.77. The Morgan fingerprint density at radius 1 is 1.03 bits per heavy atom. The normalized spacial score (nSPS) is 12.4. The fraction of sp³-hybridized carbons (Fsp3) is 0.350. The quantitative estimate of drug-likeness (QED) is 0.304. The zero-order chi connectivity index (χ0) is 20.6. The zero-order valence-corrected chi connectivity index (χ0v) is 18.9. The van der Waals surface area contributed by atoms with Gasteiger partial charge in [-0.05, 0) is 42.3 Å². The van der Waals surface area contributed by atoms with E-state index in [-0.39, 0.29) is 42.3 Å². The number of guanidine groups is 1. The van der Waals surface area contributed by atoms with Crippen LogP contribution in [0.3, 0.4) is 0 Å². The molecule has 0 unspecified atom stereocenters. The number of nitrogens with one attached hydrogen (secondary N) is 2. The summed E-state index contributed by atoms with van der Waals surface area (Å²) in [6, 6.07) is 10.6. The Kier molecular flexibility index (Phi) is 9.21. The Morgan fingerprint density at radius 3 is 2.37 bits per heavy atom. The first kappa shape index (κ1) is 23.8. The van der Waals surface area contributed by atoms with Crippen molar-refractivity contribution in [3.63, 3.8) is 0 Å². The van der Waals surface area contributed by atoms with Gasteiger partial charge < -0.3 is 29.6 Å². The summed E-state index contributed by atoms with van der Waals surface area (Å²) in [4.78, 5) is 4.19. The van der Waals surface area contributed by atoms with E-state index in [1.54, 1.807) is 26.1 Å². The maximum atomic E-state index is 12.5. The standard InChI is InChI=1S/C20H23F2N3O4.HI/c1-3-26-18-9-14(5-7-16(18)29-19(21)22)11-25-20(23-2)24-10-13-4-6-15-17(8-13)28-12-27-15;/h4-9,19H,3,10-12H2,1-2H3,(H2,23,24,25);1H. The van der Waals surface area contributed by atoms with E-state index >= 15 is 0 Å². The van der Waals surface area contributed by atoms with Crippen LogP contribution in [0.2, 0.25) is 0 Å². The van der Waals surface area contributed by atoms with E-state index in [0.29, 0.717) is 25.7 Å². The van der Waals surface area contributed by atoms with E-state index in [9.17, 15) is 8.78 Å². The van der Waals surface area contributed by atoms with Crippen LogP contribution >= 0.6 is 24.0 Å². The molecule has 2 aromatic carbocycles. The summed E-state index contributed by atoms with van der Waals surface area (Å²) in [6.07, 6.45) is 0.